The molecule has 0 saturated carbocycles. The average molecular weight is 496 g/mol. The van der Waals surface area contributed by atoms with Gasteiger partial charge in [-0.05, 0) is 60.9 Å². The molecule has 0 aliphatic carbocycles. The molecule has 4 rings (SSSR count). The first-order valence-corrected chi connectivity index (χ1v) is 12.1. The van der Waals surface area contributed by atoms with Crippen molar-refractivity contribution in [2.75, 3.05) is 46.3 Å². The van der Waals surface area contributed by atoms with Crippen molar-refractivity contribution in [1.82, 2.24) is 4.90 Å². The molecule has 9 nitrogen and oxygen atoms in total. The molecular formula is C27H33N3O6. The lowest BCUT2D eigenvalue weighted by Crippen LogP contribution is -2.46. The highest BCUT2D eigenvalue weighted by Gasteiger charge is 2.35. The van der Waals surface area contributed by atoms with E-state index >= 15 is 0 Å². The Bertz CT molecular complexity index is 1150. The molecule has 9 heteroatoms. The Kier molecular flexibility index (Phi) is 7.97. The first-order valence-electron chi connectivity index (χ1n) is 12.1. The van der Waals surface area contributed by atoms with Gasteiger partial charge in [-0.25, -0.2) is 4.79 Å². The van der Waals surface area contributed by atoms with Gasteiger partial charge in [0.1, 0.15) is 5.75 Å². The number of ether oxygens (including phenoxy) is 3. The molecule has 36 heavy (non-hydrogen) atoms. The van der Waals surface area contributed by atoms with Gasteiger partial charge in [0.2, 0.25) is 0 Å². The lowest BCUT2D eigenvalue weighted by atomic mass is 9.78. The van der Waals surface area contributed by atoms with Gasteiger partial charge < -0.3 is 29.5 Å². The van der Waals surface area contributed by atoms with Crippen LogP contribution in [0.2, 0.25) is 0 Å². The molecule has 2 aliphatic heterocycles. The summed E-state index contributed by atoms with van der Waals surface area (Å²) in [6.45, 7) is 1.59. The van der Waals surface area contributed by atoms with E-state index < -0.39 is 5.97 Å². The summed E-state index contributed by atoms with van der Waals surface area (Å²) in [5.74, 6) is 0.976. The summed E-state index contributed by atoms with van der Waals surface area (Å²) >= 11 is 0. The van der Waals surface area contributed by atoms with Crippen LogP contribution in [0.4, 0.5) is 10.5 Å². The fourth-order valence-electron chi connectivity index (χ4n) is 5.15. The van der Waals surface area contributed by atoms with Crippen molar-refractivity contribution in [3.8, 4) is 17.2 Å². The Labute approximate surface area is 211 Å². The number of likely N-dealkylation sites (tertiary alicyclic amines) is 1. The number of anilines is 1. The molecule has 2 aromatic rings. The van der Waals surface area contributed by atoms with E-state index in [1.54, 1.807) is 38.4 Å². The summed E-state index contributed by atoms with van der Waals surface area (Å²) in [5.41, 5.74) is 3.66. The lowest BCUT2D eigenvalue weighted by molar-refractivity contribution is -0.138. The minimum atomic E-state index is -0.825. The zero-order chi connectivity index (χ0) is 25.7. The summed E-state index contributed by atoms with van der Waals surface area (Å²) < 4.78 is 16.3. The molecule has 2 aromatic carbocycles. The van der Waals surface area contributed by atoms with Crippen LogP contribution < -0.4 is 19.5 Å². The van der Waals surface area contributed by atoms with Crippen molar-refractivity contribution in [3.63, 3.8) is 0 Å². The van der Waals surface area contributed by atoms with Crippen LogP contribution in [0, 0.1) is 11.8 Å². The van der Waals surface area contributed by atoms with Gasteiger partial charge in [0, 0.05) is 37.3 Å². The van der Waals surface area contributed by atoms with Gasteiger partial charge in [0.15, 0.2) is 11.5 Å². The number of amides is 2. The van der Waals surface area contributed by atoms with Crippen molar-refractivity contribution in [2.24, 2.45) is 16.8 Å². The molecule has 2 atom stereocenters. The van der Waals surface area contributed by atoms with Gasteiger partial charge in [-0.1, -0.05) is 12.1 Å². The van der Waals surface area contributed by atoms with Crippen molar-refractivity contribution in [3.05, 3.63) is 47.5 Å². The zero-order valence-electron chi connectivity index (χ0n) is 21.0. The number of aliphatic imine (C=N–C) groups is 1. The Morgan fingerprint density at radius 2 is 1.78 bits per heavy atom. The smallest absolute Gasteiger partial charge is 0.321 e. The number of nitrogens with one attached hydrogen (secondary N) is 1. The molecule has 1 fully saturated rings. The van der Waals surface area contributed by atoms with Gasteiger partial charge >= 0.3 is 12.0 Å². The molecule has 2 aliphatic rings. The molecule has 2 N–H and O–H groups in total. The molecule has 2 amide bonds. The second-order valence-corrected chi connectivity index (χ2v) is 9.13. The number of urea groups is 1. The second kappa shape index (κ2) is 11.3. The van der Waals surface area contributed by atoms with Crippen LogP contribution in [0.1, 0.15) is 30.4 Å². The number of carboxylic acid groups (broad SMARTS) is 1. The molecule has 0 spiro atoms. The lowest BCUT2D eigenvalue weighted by Gasteiger charge is -2.38. The minimum absolute atomic E-state index is 0.0453. The predicted molar refractivity (Wildman–Crippen MR) is 137 cm³/mol. The molecule has 2 heterocycles. The van der Waals surface area contributed by atoms with Gasteiger partial charge in [0.25, 0.3) is 0 Å². The average Bonchev–Trinajstić information content (AvgIpc) is 2.89. The monoisotopic (exact) mass is 495 g/mol. The normalized spacial score (nSPS) is 19.1. The number of hydrogen-bond donors (Lipinski definition) is 2. The third kappa shape index (κ3) is 5.56. The van der Waals surface area contributed by atoms with Gasteiger partial charge in [-0.2, -0.15) is 0 Å². The second-order valence-electron chi connectivity index (χ2n) is 9.13. The minimum Gasteiger partial charge on any atom is -0.495 e. The maximum Gasteiger partial charge on any atom is 0.321 e. The summed E-state index contributed by atoms with van der Waals surface area (Å²) in [5, 5.41) is 12.5. The fourth-order valence-corrected chi connectivity index (χ4v) is 5.15. The summed E-state index contributed by atoms with van der Waals surface area (Å²) in [6.07, 6.45) is 2.07. The van der Waals surface area contributed by atoms with Crippen LogP contribution in [-0.4, -0.2) is 68.7 Å². The van der Waals surface area contributed by atoms with E-state index in [-0.39, 0.29) is 24.3 Å². The predicted octanol–water partition coefficient (Wildman–Crippen LogP) is 4.09. The zero-order valence-corrected chi connectivity index (χ0v) is 21.0. The maximum atomic E-state index is 13.1. The summed E-state index contributed by atoms with van der Waals surface area (Å²) in [4.78, 5) is 31.3. The number of piperidine rings is 1. The van der Waals surface area contributed by atoms with Crippen LogP contribution in [0.5, 0.6) is 17.2 Å². The van der Waals surface area contributed by atoms with Gasteiger partial charge in [0.05, 0.1) is 27.0 Å². The van der Waals surface area contributed by atoms with Gasteiger partial charge in [-0.3, -0.25) is 9.79 Å². The number of carbonyl (C=O) groups excluding carboxylic acids is 1. The van der Waals surface area contributed by atoms with Crippen molar-refractivity contribution >= 4 is 23.4 Å². The topological polar surface area (TPSA) is 110 Å². The molecular weight excluding hydrogens is 462 g/mol. The highest BCUT2D eigenvalue weighted by molar-refractivity contribution is 6.03. The number of fused-ring (bicyclic) bond motifs is 1. The number of aliphatic carboxylic acids is 1. The van der Waals surface area contributed by atoms with E-state index in [1.165, 1.54) is 0 Å². The van der Waals surface area contributed by atoms with E-state index in [0.717, 1.165) is 23.3 Å². The Balaban J connectivity index is 1.55. The van der Waals surface area contributed by atoms with Crippen LogP contribution >= 0.6 is 0 Å². The Morgan fingerprint density at radius 1 is 1.06 bits per heavy atom. The number of benzene rings is 2. The van der Waals surface area contributed by atoms with E-state index in [0.29, 0.717) is 55.4 Å². The fraction of sp³-hybridized carbons (Fsp3) is 0.444. The van der Waals surface area contributed by atoms with Gasteiger partial charge in [-0.15, -0.1) is 0 Å². The highest BCUT2D eigenvalue weighted by atomic mass is 16.5. The third-order valence-corrected chi connectivity index (χ3v) is 7.02. The number of rotatable bonds is 8. The molecule has 0 aromatic heterocycles. The Hall–Kier alpha value is -3.75. The number of methoxy groups -OCH3 is 3. The summed E-state index contributed by atoms with van der Waals surface area (Å²) in [7, 11) is 4.78. The van der Waals surface area contributed by atoms with Crippen molar-refractivity contribution in [2.45, 2.75) is 25.7 Å². The number of carboxylic acids is 1. The number of nitrogens with zero attached hydrogens (tertiary/aromatic N) is 2. The first kappa shape index (κ1) is 25.3. The largest absolute Gasteiger partial charge is 0.495 e. The van der Waals surface area contributed by atoms with Crippen LogP contribution in [-0.2, 0) is 11.2 Å². The summed E-state index contributed by atoms with van der Waals surface area (Å²) in [6, 6.07) is 11.0. The maximum absolute atomic E-state index is 13.1. The quantitative estimate of drug-likeness (QED) is 0.571. The molecule has 1 saturated heterocycles. The molecule has 192 valence electrons. The number of para-hydroxylation sites is 2. The first-order chi connectivity index (χ1) is 17.4. The highest BCUT2D eigenvalue weighted by Crippen LogP contribution is 2.36. The van der Waals surface area contributed by atoms with Crippen LogP contribution in [0.25, 0.3) is 0 Å². The van der Waals surface area contributed by atoms with Crippen molar-refractivity contribution in [1.29, 1.82) is 0 Å². The van der Waals surface area contributed by atoms with Crippen LogP contribution in [0.3, 0.4) is 0 Å². The molecule has 0 radical (unpaired) electrons. The van der Waals surface area contributed by atoms with E-state index in [4.69, 9.17) is 19.2 Å². The van der Waals surface area contributed by atoms with E-state index in [2.05, 4.69) is 5.32 Å². The van der Waals surface area contributed by atoms with Crippen LogP contribution in [0.15, 0.2) is 41.4 Å². The standard InChI is InChI=1S/C27H33N3O6/c1-34-23-7-5-4-6-21(23)29-27(33)30-11-9-17(14-26(31)32)19(16-30)12-22-20-15-25(36-3)24(35-2)13-18(20)8-10-28-22/h4-7,13,15,17,19H,8-12,14,16H2,1-3H3,(H,29,33)(H,31,32). The number of carbonyl (C=O) groups is 2. The van der Waals surface area contributed by atoms with E-state index in [1.807, 2.05) is 24.3 Å². The van der Waals surface area contributed by atoms with E-state index in [9.17, 15) is 14.7 Å². The third-order valence-electron chi connectivity index (χ3n) is 7.02. The Morgan fingerprint density at radius 3 is 2.50 bits per heavy atom. The SMILES string of the molecule is COc1ccccc1NC(=O)N1CCC(CC(=O)O)C(CC2=NCCc3cc(OC)c(OC)cc32)C1. The van der Waals surface area contributed by atoms with Crippen molar-refractivity contribution < 1.29 is 28.9 Å². The number of hydrogen-bond acceptors (Lipinski definition) is 6. The molecule has 0 bridgehead atoms. The molecule has 2 unspecified atom stereocenters.